The fourth-order valence-electron chi connectivity index (χ4n) is 1.70. The van der Waals surface area contributed by atoms with Crippen molar-refractivity contribution in [2.24, 2.45) is 5.92 Å². The van der Waals surface area contributed by atoms with Crippen molar-refractivity contribution in [3.05, 3.63) is 0 Å². The van der Waals surface area contributed by atoms with Gasteiger partial charge in [0.05, 0.1) is 5.60 Å². The molecule has 0 aliphatic heterocycles. The Morgan fingerprint density at radius 3 is 2.20 bits per heavy atom. The van der Waals surface area contributed by atoms with Gasteiger partial charge in [-0.25, -0.2) is 4.79 Å². The van der Waals surface area contributed by atoms with Crippen LogP contribution in [0.4, 0.5) is 0 Å². The normalized spacial score (nSPS) is 18.3. The minimum Gasteiger partial charge on any atom is -0.479 e. The predicted octanol–water partition coefficient (Wildman–Crippen LogP) is 1.66. The van der Waals surface area contributed by atoms with Gasteiger partial charge in [-0.15, -0.1) is 0 Å². The van der Waals surface area contributed by atoms with Crippen LogP contribution in [-0.2, 0) is 9.53 Å². The number of hydrogen-bond acceptors (Lipinski definition) is 3. The van der Waals surface area contributed by atoms with Crippen LogP contribution in [0.15, 0.2) is 0 Å². The van der Waals surface area contributed by atoms with Crippen LogP contribution in [0, 0.1) is 5.92 Å². The van der Waals surface area contributed by atoms with Gasteiger partial charge in [-0.2, -0.15) is 0 Å². The number of ether oxygens (including phenoxy) is 1. The molecule has 0 aromatic carbocycles. The first-order valence-corrected chi connectivity index (χ1v) is 5.20. The lowest BCUT2D eigenvalue weighted by Crippen LogP contribution is -2.46. The van der Waals surface area contributed by atoms with E-state index >= 15 is 0 Å². The molecule has 4 heteroatoms. The molecule has 0 spiro atoms. The SMILES string of the molecule is CCC(O)(C(=O)O)C(C)CC(C)(C)OC. The van der Waals surface area contributed by atoms with Gasteiger partial charge < -0.3 is 14.9 Å². The highest BCUT2D eigenvalue weighted by molar-refractivity contribution is 5.77. The molecular weight excluding hydrogens is 196 g/mol. The fraction of sp³-hybridized carbons (Fsp3) is 0.909. The zero-order valence-corrected chi connectivity index (χ0v) is 10.2. The van der Waals surface area contributed by atoms with Crippen LogP contribution in [0.1, 0.15) is 40.5 Å². The van der Waals surface area contributed by atoms with Gasteiger partial charge in [0.2, 0.25) is 0 Å². The number of carboxylic acid groups (broad SMARTS) is 1. The highest BCUT2D eigenvalue weighted by Gasteiger charge is 2.42. The van der Waals surface area contributed by atoms with Gasteiger partial charge in [0.1, 0.15) is 0 Å². The van der Waals surface area contributed by atoms with E-state index in [1.54, 1.807) is 21.0 Å². The summed E-state index contributed by atoms with van der Waals surface area (Å²) in [7, 11) is 1.58. The lowest BCUT2D eigenvalue weighted by molar-refractivity contribution is -0.167. The van der Waals surface area contributed by atoms with Gasteiger partial charge in [0.15, 0.2) is 5.60 Å². The van der Waals surface area contributed by atoms with Crippen molar-refractivity contribution in [2.75, 3.05) is 7.11 Å². The van der Waals surface area contributed by atoms with E-state index in [1.807, 2.05) is 13.8 Å². The Labute approximate surface area is 91.3 Å². The van der Waals surface area contributed by atoms with E-state index in [2.05, 4.69) is 0 Å². The quantitative estimate of drug-likeness (QED) is 0.711. The van der Waals surface area contributed by atoms with Crippen molar-refractivity contribution in [1.82, 2.24) is 0 Å². The highest BCUT2D eigenvalue weighted by Crippen LogP contribution is 2.30. The van der Waals surface area contributed by atoms with Gasteiger partial charge in [-0.1, -0.05) is 13.8 Å². The summed E-state index contributed by atoms with van der Waals surface area (Å²) in [4.78, 5) is 11.0. The van der Waals surface area contributed by atoms with Gasteiger partial charge in [-0.3, -0.25) is 0 Å². The summed E-state index contributed by atoms with van der Waals surface area (Å²) in [6.45, 7) is 7.16. The van der Waals surface area contributed by atoms with Crippen LogP contribution in [0.3, 0.4) is 0 Å². The molecule has 2 atom stereocenters. The molecule has 90 valence electrons. The smallest absolute Gasteiger partial charge is 0.335 e. The second kappa shape index (κ2) is 4.94. The highest BCUT2D eigenvalue weighted by atomic mass is 16.5. The number of aliphatic hydroxyl groups is 1. The molecule has 0 saturated heterocycles. The first-order valence-electron chi connectivity index (χ1n) is 5.20. The molecule has 0 fully saturated rings. The molecule has 0 aromatic rings. The van der Waals surface area contributed by atoms with Crippen molar-refractivity contribution in [3.8, 4) is 0 Å². The topological polar surface area (TPSA) is 66.8 Å². The average Bonchev–Trinajstić information content (AvgIpc) is 2.15. The average molecular weight is 218 g/mol. The van der Waals surface area contributed by atoms with Crippen LogP contribution < -0.4 is 0 Å². The maximum absolute atomic E-state index is 11.0. The maximum Gasteiger partial charge on any atom is 0.335 e. The van der Waals surface area contributed by atoms with E-state index in [-0.39, 0.29) is 12.3 Å². The third kappa shape index (κ3) is 3.47. The van der Waals surface area contributed by atoms with Crippen molar-refractivity contribution in [1.29, 1.82) is 0 Å². The molecule has 0 heterocycles. The zero-order valence-electron chi connectivity index (χ0n) is 10.2. The molecule has 15 heavy (non-hydrogen) atoms. The summed E-state index contributed by atoms with van der Waals surface area (Å²) < 4.78 is 5.22. The summed E-state index contributed by atoms with van der Waals surface area (Å²) in [5.74, 6) is -1.51. The number of methoxy groups -OCH3 is 1. The summed E-state index contributed by atoms with van der Waals surface area (Å²) in [6, 6.07) is 0. The summed E-state index contributed by atoms with van der Waals surface area (Å²) in [5.41, 5.74) is -2.08. The molecular formula is C11H22O4. The Hall–Kier alpha value is -0.610. The van der Waals surface area contributed by atoms with Gasteiger partial charge in [0, 0.05) is 7.11 Å². The zero-order chi connectivity index (χ0) is 12.3. The van der Waals surface area contributed by atoms with Crippen molar-refractivity contribution in [3.63, 3.8) is 0 Å². The van der Waals surface area contributed by atoms with Gasteiger partial charge in [0.25, 0.3) is 0 Å². The fourth-order valence-corrected chi connectivity index (χ4v) is 1.70. The van der Waals surface area contributed by atoms with E-state index < -0.39 is 17.2 Å². The minimum absolute atomic E-state index is 0.198. The molecule has 0 radical (unpaired) electrons. The van der Waals surface area contributed by atoms with Crippen LogP contribution in [0.5, 0.6) is 0 Å². The Kier molecular flexibility index (Phi) is 4.74. The maximum atomic E-state index is 11.0. The Morgan fingerprint density at radius 2 is 1.93 bits per heavy atom. The monoisotopic (exact) mass is 218 g/mol. The van der Waals surface area contributed by atoms with E-state index in [1.165, 1.54) is 0 Å². The van der Waals surface area contributed by atoms with Crippen LogP contribution in [0.2, 0.25) is 0 Å². The molecule has 0 saturated carbocycles. The molecule has 0 aliphatic carbocycles. The Balaban J connectivity index is 4.68. The third-order valence-corrected chi connectivity index (χ3v) is 3.07. The standard InChI is InChI=1S/C11H22O4/c1-6-11(14,9(12)13)8(2)7-10(3,4)15-5/h8,14H,6-7H2,1-5H3,(H,12,13). The number of carbonyl (C=O) groups is 1. The molecule has 0 bridgehead atoms. The second-order valence-electron chi connectivity index (χ2n) is 4.65. The summed E-state index contributed by atoms with van der Waals surface area (Å²) >= 11 is 0. The van der Waals surface area contributed by atoms with Crippen LogP contribution in [-0.4, -0.2) is 34.5 Å². The van der Waals surface area contributed by atoms with Crippen molar-refractivity contribution < 1.29 is 19.7 Å². The lowest BCUT2D eigenvalue weighted by atomic mass is 9.80. The molecule has 2 N–H and O–H groups in total. The summed E-state index contributed by atoms with van der Waals surface area (Å²) in [6.07, 6.45) is 0.698. The molecule has 4 nitrogen and oxygen atoms in total. The molecule has 0 aliphatic rings. The van der Waals surface area contributed by atoms with Gasteiger partial charge >= 0.3 is 5.97 Å². The first-order chi connectivity index (χ1) is 6.69. The largest absolute Gasteiger partial charge is 0.479 e. The molecule has 2 unspecified atom stereocenters. The number of carboxylic acids is 1. The first kappa shape index (κ1) is 14.4. The summed E-state index contributed by atoms with van der Waals surface area (Å²) in [5, 5.41) is 19.0. The predicted molar refractivity (Wildman–Crippen MR) is 57.7 cm³/mol. The van der Waals surface area contributed by atoms with Gasteiger partial charge in [-0.05, 0) is 32.6 Å². The minimum atomic E-state index is -1.66. The Bertz CT molecular complexity index is 225. The van der Waals surface area contributed by atoms with E-state index in [9.17, 15) is 9.90 Å². The van der Waals surface area contributed by atoms with E-state index in [4.69, 9.17) is 9.84 Å². The lowest BCUT2D eigenvalue weighted by Gasteiger charge is -2.34. The number of hydrogen-bond donors (Lipinski definition) is 2. The van der Waals surface area contributed by atoms with Crippen molar-refractivity contribution >= 4 is 5.97 Å². The molecule has 0 amide bonds. The number of aliphatic carboxylic acids is 1. The second-order valence-corrected chi connectivity index (χ2v) is 4.65. The molecule has 0 aromatic heterocycles. The third-order valence-electron chi connectivity index (χ3n) is 3.07. The van der Waals surface area contributed by atoms with E-state index in [0.29, 0.717) is 6.42 Å². The molecule has 0 rings (SSSR count). The van der Waals surface area contributed by atoms with Crippen LogP contribution in [0.25, 0.3) is 0 Å². The van der Waals surface area contributed by atoms with E-state index in [0.717, 1.165) is 0 Å². The van der Waals surface area contributed by atoms with Crippen LogP contribution >= 0.6 is 0 Å². The van der Waals surface area contributed by atoms with Crippen molar-refractivity contribution in [2.45, 2.75) is 51.7 Å². The number of rotatable bonds is 6. The Morgan fingerprint density at radius 1 is 1.47 bits per heavy atom.